The fourth-order valence-corrected chi connectivity index (χ4v) is 3.36. The first-order chi connectivity index (χ1) is 9.22. The molecule has 0 N–H and O–H groups in total. The van der Waals surface area contributed by atoms with Gasteiger partial charge in [-0.2, -0.15) is 0 Å². The maximum Gasteiger partial charge on any atom is 0.311 e. The highest BCUT2D eigenvalue weighted by Crippen LogP contribution is 2.39. The molecule has 3 aliphatic rings. The zero-order valence-electron chi connectivity index (χ0n) is 11.5. The zero-order chi connectivity index (χ0) is 13.2. The summed E-state index contributed by atoms with van der Waals surface area (Å²) in [5.74, 6) is -0.0844. The van der Waals surface area contributed by atoms with Crippen molar-refractivity contribution in [1.29, 1.82) is 0 Å². The van der Waals surface area contributed by atoms with Crippen LogP contribution in [0.4, 0.5) is 0 Å². The van der Waals surface area contributed by atoms with Crippen LogP contribution in [0.2, 0.25) is 0 Å². The summed E-state index contributed by atoms with van der Waals surface area (Å²) in [6, 6.07) is 0. The SMILES string of the molecule is C[C@H](CN1CCOCC1)OC(=O)[C@@H]1C[C@H]2CC[C@H]1O2. The number of ether oxygens (including phenoxy) is 3. The first kappa shape index (κ1) is 13.3. The Labute approximate surface area is 114 Å². The molecule has 5 nitrogen and oxygen atoms in total. The van der Waals surface area contributed by atoms with Gasteiger partial charge in [0.1, 0.15) is 6.10 Å². The lowest BCUT2D eigenvalue weighted by Gasteiger charge is -2.29. The monoisotopic (exact) mass is 269 g/mol. The third-order valence-electron chi connectivity index (χ3n) is 4.35. The highest BCUT2D eigenvalue weighted by atomic mass is 16.6. The van der Waals surface area contributed by atoms with E-state index in [1.807, 2.05) is 6.92 Å². The van der Waals surface area contributed by atoms with Crippen molar-refractivity contribution in [1.82, 2.24) is 4.90 Å². The van der Waals surface area contributed by atoms with Crippen LogP contribution in [0, 0.1) is 5.92 Å². The first-order valence-electron chi connectivity index (χ1n) is 7.38. The summed E-state index contributed by atoms with van der Waals surface area (Å²) in [4.78, 5) is 14.4. The fourth-order valence-electron chi connectivity index (χ4n) is 3.36. The lowest BCUT2D eigenvalue weighted by Crippen LogP contribution is -2.42. The molecule has 19 heavy (non-hydrogen) atoms. The van der Waals surface area contributed by atoms with E-state index in [0.29, 0.717) is 6.10 Å². The molecular weight excluding hydrogens is 246 g/mol. The van der Waals surface area contributed by atoms with Crippen LogP contribution in [0.15, 0.2) is 0 Å². The molecule has 0 unspecified atom stereocenters. The molecule has 5 heteroatoms. The zero-order valence-corrected chi connectivity index (χ0v) is 11.5. The van der Waals surface area contributed by atoms with Crippen molar-refractivity contribution in [2.45, 2.75) is 44.5 Å². The van der Waals surface area contributed by atoms with Crippen LogP contribution in [0.1, 0.15) is 26.2 Å². The Morgan fingerprint density at radius 3 is 2.79 bits per heavy atom. The smallest absolute Gasteiger partial charge is 0.311 e. The number of nitrogens with zero attached hydrogens (tertiary/aromatic N) is 1. The van der Waals surface area contributed by atoms with Gasteiger partial charge in [-0.25, -0.2) is 0 Å². The highest BCUT2D eigenvalue weighted by Gasteiger charge is 2.45. The van der Waals surface area contributed by atoms with Crippen LogP contribution in [0.5, 0.6) is 0 Å². The normalized spacial score (nSPS) is 36.4. The maximum absolute atomic E-state index is 12.1. The Morgan fingerprint density at radius 1 is 1.37 bits per heavy atom. The number of fused-ring (bicyclic) bond motifs is 2. The van der Waals surface area contributed by atoms with E-state index < -0.39 is 0 Å². The maximum atomic E-state index is 12.1. The van der Waals surface area contributed by atoms with Gasteiger partial charge in [-0.1, -0.05) is 0 Å². The number of hydrogen-bond acceptors (Lipinski definition) is 5. The number of hydrogen-bond donors (Lipinski definition) is 0. The van der Waals surface area contributed by atoms with Crippen molar-refractivity contribution in [2.75, 3.05) is 32.8 Å². The Balaban J connectivity index is 1.43. The van der Waals surface area contributed by atoms with Crippen LogP contribution in [-0.4, -0.2) is 62.0 Å². The van der Waals surface area contributed by atoms with E-state index in [-0.39, 0.29) is 24.1 Å². The summed E-state index contributed by atoms with van der Waals surface area (Å²) >= 11 is 0. The predicted octanol–water partition coefficient (Wildman–Crippen LogP) is 0.818. The minimum absolute atomic E-state index is 0.0223. The number of carbonyl (C=O) groups is 1. The van der Waals surface area contributed by atoms with Gasteiger partial charge in [0.2, 0.25) is 0 Å². The van der Waals surface area contributed by atoms with Crippen molar-refractivity contribution in [3.05, 3.63) is 0 Å². The van der Waals surface area contributed by atoms with E-state index in [1.165, 1.54) is 0 Å². The molecule has 3 rings (SSSR count). The molecule has 0 aromatic carbocycles. The van der Waals surface area contributed by atoms with Gasteiger partial charge in [0.05, 0.1) is 31.3 Å². The van der Waals surface area contributed by atoms with E-state index in [1.54, 1.807) is 0 Å². The second-order valence-corrected chi connectivity index (χ2v) is 5.88. The standard InChI is InChI=1S/C14H23NO4/c1-10(9-15-4-6-17-7-5-15)18-14(16)12-8-11-2-3-13(12)19-11/h10-13H,2-9H2,1H3/t10-,11-,12-,13-/m1/s1. The van der Waals surface area contributed by atoms with Gasteiger partial charge in [-0.15, -0.1) is 0 Å². The molecule has 3 aliphatic heterocycles. The van der Waals surface area contributed by atoms with Gasteiger partial charge in [0.15, 0.2) is 0 Å². The summed E-state index contributed by atoms with van der Waals surface area (Å²) in [5.41, 5.74) is 0. The van der Waals surface area contributed by atoms with E-state index >= 15 is 0 Å². The van der Waals surface area contributed by atoms with Crippen LogP contribution < -0.4 is 0 Å². The molecule has 0 amide bonds. The first-order valence-corrected chi connectivity index (χ1v) is 7.38. The lowest BCUT2D eigenvalue weighted by atomic mass is 9.89. The second-order valence-electron chi connectivity index (χ2n) is 5.88. The van der Waals surface area contributed by atoms with Crippen LogP contribution in [-0.2, 0) is 19.0 Å². The van der Waals surface area contributed by atoms with Gasteiger partial charge >= 0.3 is 5.97 Å². The number of rotatable bonds is 4. The van der Waals surface area contributed by atoms with Crippen molar-refractivity contribution < 1.29 is 19.0 Å². The molecular formula is C14H23NO4. The molecule has 3 saturated heterocycles. The fraction of sp³-hybridized carbons (Fsp3) is 0.929. The van der Waals surface area contributed by atoms with E-state index in [0.717, 1.165) is 52.1 Å². The average Bonchev–Trinajstić information content (AvgIpc) is 3.02. The molecule has 0 aromatic rings. The number of morpholine rings is 1. The Hall–Kier alpha value is -0.650. The van der Waals surface area contributed by atoms with Crippen molar-refractivity contribution in [3.8, 4) is 0 Å². The summed E-state index contributed by atoms with van der Waals surface area (Å²) in [7, 11) is 0. The van der Waals surface area contributed by atoms with Gasteiger partial charge in [0.25, 0.3) is 0 Å². The van der Waals surface area contributed by atoms with Crippen molar-refractivity contribution in [2.24, 2.45) is 5.92 Å². The number of esters is 1. The summed E-state index contributed by atoms with van der Waals surface area (Å²) < 4.78 is 16.6. The van der Waals surface area contributed by atoms with Gasteiger partial charge in [0, 0.05) is 19.6 Å². The van der Waals surface area contributed by atoms with Gasteiger partial charge in [-0.3, -0.25) is 9.69 Å². The van der Waals surface area contributed by atoms with E-state index in [4.69, 9.17) is 14.2 Å². The molecule has 2 bridgehead atoms. The summed E-state index contributed by atoms with van der Waals surface area (Å²) in [5, 5.41) is 0. The predicted molar refractivity (Wildman–Crippen MR) is 68.8 cm³/mol. The largest absolute Gasteiger partial charge is 0.461 e. The minimum atomic E-state index is -0.0621. The molecule has 0 spiro atoms. The molecule has 0 aromatic heterocycles. The highest BCUT2D eigenvalue weighted by molar-refractivity contribution is 5.74. The quantitative estimate of drug-likeness (QED) is 0.707. The van der Waals surface area contributed by atoms with Crippen molar-refractivity contribution >= 4 is 5.97 Å². The topological polar surface area (TPSA) is 48.0 Å². The molecule has 108 valence electrons. The van der Waals surface area contributed by atoms with E-state index in [2.05, 4.69) is 4.90 Å². The Morgan fingerprint density at radius 2 is 2.16 bits per heavy atom. The third-order valence-corrected chi connectivity index (χ3v) is 4.35. The lowest BCUT2D eigenvalue weighted by molar-refractivity contribution is -0.156. The Kier molecular flexibility index (Phi) is 4.05. The number of carbonyl (C=O) groups excluding carboxylic acids is 1. The van der Waals surface area contributed by atoms with Gasteiger partial charge in [-0.05, 0) is 26.2 Å². The van der Waals surface area contributed by atoms with Crippen LogP contribution in [0.3, 0.4) is 0 Å². The summed E-state index contributed by atoms with van der Waals surface area (Å²) in [6.45, 7) is 6.19. The molecule has 0 saturated carbocycles. The van der Waals surface area contributed by atoms with Crippen molar-refractivity contribution in [3.63, 3.8) is 0 Å². The Bertz CT molecular complexity index is 329. The van der Waals surface area contributed by atoms with Crippen LogP contribution in [0.25, 0.3) is 0 Å². The molecule has 0 aliphatic carbocycles. The second kappa shape index (κ2) is 5.77. The molecule has 4 atom stereocenters. The average molecular weight is 269 g/mol. The minimum Gasteiger partial charge on any atom is -0.461 e. The molecule has 3 heterocycles. The summed E-state index contributed by atoms with van der Waals surface area (Å²) in [6.07, 6.45) is 3.35. The molecule has 3 fully saturated rings. The van der Waals surface area contributed by atoms with Gasteiger partial charge < -0.3 is 14.2 Å². The molecule has 0 radical (unpaired) electrons. The van der Waals surface area contributed by atoms with E-state index in [9.17, 15) is 4.79 Å². The third kappa shape index (κ3) is 3.09. The van der Waals surface area contributed by atoms with Crippen LogP contribution >= 0.6 is 0 Å².